The van der Waals surface area contributed by atoms with Crippen molar-refractivity contribution in [2.75, 3.05) is 5.32 Å². The van der Waals surface area contributed by atoms with Crippen LogP contribution in [0.1, 0.15) is 29.3 Å². The Morgan fingerprint density at radius 3 is 2.33 bits per heavy atom. The summed E-state index contributed by atoms with van der Waals surface area (Å²) in [5, 5.41) is 9.77. The van der Waals surface area contributed by atoms with E-state index in [2.05, 4.69) is 15.4 Å². The highest BCUT2D eigenvalue weighted by Crippen LogP contribution is 2.31. The van der Waals surface area contributed by atoms with E-state index in [1.807, 2.05) is 91.9 Å². The molecule has 0 bridgehead atoms. The van der Waals surface area contributed by atoms with E-state index in [1.165, 1.54) is 4.68 Å². The van der Waals surface area contributed by atoms with E-state index in [9.17, 15) is 9.59 Å². The first-order chi connectivity index (χ1) is 17.7. The molecule has 3 aromatic carbocycles. The molecule has 0 amide bonds. The molecule has 0 aliphatic rings. The Bertz CT molecular complexity index is 1570. The number of Topliss-reactive ketones (excluding diaryl/α,β-unsaturated/α-hetero) is 1. The highest BCUT2D eigenvalue weighted by atomic mass is 16.1. The molecule has 6 nitrogen and oxygen atoms in total. The molecule has 0 aliphatic carbocycles. The fourth-order valence-corrected chi connectivity index (χ4v) is 4.35. The van der Waals surface area contributed by atoms with Crippen LogP contribution in [0, 0.1) is 0 Å². The molecule has 2 aromatic heterocycles. The molecule has 1 N–H and O–H groups in total. The summed E-state index contributed by atoms with van der Waals surface area (Å²) in [6, 6.07) is 27.2. The van der Waals surface area contributed by atoms with Crippen LogP contribution in [0.15, 0.2) is 102 Å². The summed E-state index contributed by atoms with van der Waals surface area (Å²) >= 11 is 0. The lowest BCUT2D eigenvalue weighted by Gasteiger charge is -2.18. The quantitative estimate of drug-likeness (QED) is 0.278. The van der Waals surface area contributed by atoms with Gasteiger partial charge in [-0.05, 0) is 18.9 Å². The predicted molar refractivity (Wildman–Crippen MR) is 144 cm³/mol. The number of benzene rings is 3. The van der Waals surface area contributed by atoms with Crippen LogP contribution in [-0.2, 0) is 13.0 Å². The van der Waals surface area contributed by atoms with Gasteiger partial charge >= 0.3 is 0 Å². The average Bonchev–Trinajstić information content (AvgIpc) is 2.94. The van der Waals surface area contributed by atoms with Crippen molar-refractivity contribution >= 4 is 27.9 Å². The number of hydrogen-bond acceptors (Lipinski definition) is 5. The molecule has 178 valence electrons. The summed E-state index contributed by atoms with van der Waals surface area (Å²) in [4.78, 5) is 31.7. The van der Waals surface area contributed by atoms with Crippen LogP contribution in [0.2, 0.25) is 0 Å². The van der Waals surface area contributed by atoms with Crippen LogP contribution in [0.25, 0.3) is 22.0 Å². The summed E-state index contributed by atoms with van der Waals surface area (Å²) in [6.07, 6.45) is 4.28. The van der Waals surface area contributed by atoms with Gasteiger partial charge in [-0.15, -0.1) is 0 Å². The number of anilines is 2. The van der Waals surface area contributed by atoms with Crippen LogP contribution in [0.4, 0.5) is 11.4 Å². The third-order valence-electron chi connectivity index (χ3n) is 6.19. The number of aryl methyl sites for hydroxylation is 2. The van der Waals surface area contributed by atoms with E-state index < -0.39 is 0 Å². The van der Waals surface area contributed by atoms with Gasteiger partial charge in [0.25, 0.3) is 5.56 Å². The van der Waals surface area contributed by atoms with Crippen molar-refractivity contribution in [1.29, 1.82) is 0 Å². The summed E-state index contributed by atoms with van der Waals surface area (Å²) in [5.41, 5.74) is 3.19. The Balaban J connectivity index is 1.67. The molecule has 36 heavy (non-hydrogen) atoms. The van der Waals surface area contributed by atoms with Gasteiger partial charge in [-0.25, -0.2) is 4.68 Å². The van der Waals surface area contributed by atoms with Crippen LogP contribution >= 0.6 is 0 Å². The fraction of sp³-hybridized carbons (Fsp3) is 0.133. The highest BCUT2D eigenvalue weighted by Gasteiger charge is 2.24. The van der Waals surface area contributed by atoms with Crippen LogP contribution in [-0.4, -0.2) is 20.5 Å². The topological polar surface area (TPSA) is 76.9 Å². The van der Waals surface area contributed by atoms with Crippen molar-refractivity contribution in [2.45, 2.75) is 26.3 Å². The van der Waals surface area contributed by atoms with Gasteiger partial charge in [-0.1, -0.05) is 84.9 Å². The maximum absolute atomic E-state index is 13.8. The number of nitrogens with zero attached hydrogens (tertiary/aromatic N) is 3. The smallest absolute Gasteiger partial charge is 0.291 e. The third-order valence-corrected chi connectivity index (χ3v) is 6.19. The van der Waals surface area contributed by atoms with Crippen molar-refractivity contribution in [3.05, 3.63) is 119 Å². The predicted octanol–water partition coefficient (Wildman–Crippen LogP) is 6.04. The minimum atomic E-state index is -0.340. The number of ketones is 1. The average molecular weight is 475 g/mol. The molecule has 0 fully saturated rings. The van der Waals surface area contributed by atoms with Gasteiger partial charge in [-0.3, -0.25) is 14.6 Å². The van der Waals surface area contributed by atoms with Crippen molar-refractivity contribution in [1.82, 2.24) is 14.8 Å². The Labute approximate surface area is 209 Å². The summed E-state index contributed by atoms with van der Waals surface area (Å²) in [6.45, 7) is 2.24. The standard InChI is InChI=1S/C30H26N4O2/c1-2-34-30(36)29(32-25-20-31-19-23-15-9-10-16-24(23)25)27(28(33-34)22-13-7-4-8-14-22)26(35)18-17-21-11-5-3-6-12-21/h3-16,19-20,32H,2,17-18H2,1H3. The lowest BCUT2D eigenvalue weighted by molar-refractivity contribution is 0.0983. The van der Waals surface area contributed by atoms with E-state index in [1.54, 1.807) is 12.4 Å². The van der Waals surface area contributed by atoms with Gasteiger partial charge in [0.2, 0.25) is 0 Å². The molecule has 0 aliphatic heterocycles. The van der Waals surface area contributed by atoms with E-state index in [0.29, 0.717) is 29.9 Å². The first-order valence-corrected chi connectivity index (χ1v) is 12.0. The number of carbonyl (C=O) groups excluding carboxylic acids is 1. The molecule has 0 radical (unpaired) electrons. The number of pyridine rings is 1. The van der Waals surface area contributed by atoms with Gasteiger partial charge < -0.3 is 5.32 Å². The molecule has 0 saturated carbocycles. The molecular formula is C30H26N4O2. The maximum atomic E-state index is 13.8. The minimum absolute atomic E-state index is 0.138. The number of fused-ring (bicyclic) bond motifs is 1. The molecule has 0 unspecified atom stereocenters. The van der Waals surface area contributed by atoms with Crippen molar-refractivity contribution in [2.24, 2.45) is 0 Å². The Morgan fingerprint density at radius 1 is 0.889 bits per heavy atom. The SMILES string of the molecule is CCn1nc(-c2ccccc2)c(C(=O)CCc2ccccc2)c(Nc2cncc3ccccc23)c1=O. The first-order valence-electron chi connectivity index (χ1n) is 12.0. The van der Waals surface area contributed by atoms with Gasteiger partial charge in [0.05, 0.1) is 17.4 Å². The Kier molecular flexibility index (Phi) is 6.67. The summed E-state index contributed by atoms with van der Waals surface area (Å²) < 4.78 is 1.40. The number of carbonyl (C=O) groups is 1. The monoisotopic (exact) mass is 474 g/mol. The van der Waals surface area contributed by atoms with E-state index in [0.717, 1.165) is 21.9 Å². The van der Waals surface area contributed by atoms with Gasteiger partial charge in [0.15, 0.2) is 5.78 Å². The number of nitrogens with one attached hydrogen (secondary N) is 1. The second-order valence-corrected chi connectivity index (χ2v) is 8.53. The lowest BCUT2D eigenvalue weighted by atomic mass is 9.97. The molecule has 0 spiro atoms. The van der Waals surface area contributed by atoms with Crippen LogP contribution in [0.3, 0.4) is 0 Å². The minimum Gasteiger partial charge on any atom is -0.349 e. The molecule has 0 atom stereocenters. The van der Waals surface area contributed by atoms with Gasteiger partial charge in [-0.2, -0.15) is 5.10 Å². The summed E-state index contributed by atoms with van der Waals surface area (Å²) in [5.74, 6) is -0.138. The lowest BCUT2D eigenvalue weighted by Crippen LogP contribution is -2.28. The highest BCUT2D eigenvalue weighted by molar-refractivity contribution is 6.07. The van der Waals surface area contributed by atoms with E-state index in [-0.39, 0.29) is 23.5 Å². The van der Waals surface area contributed by atoms with E-state index in [4.69, 9.17) is 0 Å². The van der Waals surface area contributed by atoms with Crippen molar-refractivity contribution < 1.29 is 4.79 Å². The summed E-state index contributed by atoms with van der Waals surface area (Å²) in [7, 11) is 0. The Hall–Kier alpha value is -4.58. The molecule has 2 heterocycles. The fourth-order valence-electron chi connectivity index (χ4n) is 4.35. The van der Waals surface area contributed by atoms with Crippen molar-refractivity contribution in [3.8, 4) is 11.3 Å². The maximum Gasteiger partial charge on any atom is 0.291 e. The van der Waals surface area contributed by atoms with Crippen LogP contribution < -0.4 is 10.9 Å². The zero-order valence-corrected chi connectivity index (χ0v) is 20.0. The van der Waals surface area contributed by atoms with E-state index >= 15 is 0 Å². The van der Waals surface area contributed by atoms with Gasteiger partial charge in [0, 0.05) is 35.5 Å². The van der Waals surface area contributed by atoms with Gasteiger partial charge in [0.1, 0.15) is 11.4 Å². The number of hydrogen-bond donors (Lipinski definition) is 1. The second kappa shape index (κ2) is 10.4. The molecule has 5 rings (SSSR count). The van der Waals surface area contributed by atoms with Crippen LogP contribution in [0.5, 0.6) is 0 Å². The second-order valence-electron chi connectivity index (χ2n) is 8.53. The largest absolute Gasteiger partial charge is 0.349 e. The molecule has 0 saturated heterocycles. The molecule has 6 heteroatoms. The molecule has 5 aromatic rings. The zero-order valence-electron chi connectivity index (χ0n) is 20.0. The zero-order chi connectivity index (χ0) is 24.9. The number of rotatable bonds is 8. The normalized spacial score (nSPS) is 10.9. The number of aromatic nitrogens is 3. The van der Waals surface area contributed by atoms with Crippen molar-refractivity contribution in [3.63, 3.8) is 0 Å². The Morgan fingerprint density at radius 2 is 1.58 bits per heavy atom. The third kappa shape index (κ3) is 4.66. The molecular weight excluding hydrogens is 448 g/mol. The first kappa shape index (κ1) is 23.2.